The molecule has 1 aliphatic carbocycles. The summed E-state index contributed by atoms with van der Waals surface area (Å²) in [7, 11) is 0. The predicted octanol–water partition coefficient (Wildman–Crippen LogP) is -1.69. The number of anilines is 1. The Hall–Kier alpha value is -2.30. The number of nitrogen functional groups attached to an aromatic ring is 1. The summed E-state index contributed by atoms with van der Waals surface area (Å²) in [4.78, 5) is 24.1. The number of nitrogens with zero attached hydrogens (tertiary/aromatic N) is 4. The molecule has 10 nitrogen and oxygen atoms in total. The number of nitrogens with two attached hydrogens (primary N) is 1. The fourth-order valence-corrected chi connectivity index (χ4v) is 2.67. The first-order valence-corrected chi connectivity index (χ1v) is 7.31. The van der Waals surface area contributed by atoms with Gasteiger partial charge in [-0.05, 0) is 12.8 Å². The van der Waals surface area contributed by atoms with Crippen LogP contribution in [-0.2, 0) is 9.53 Å². The fourth-order valence-electron chi connectivity index (χ4n) is 2.67. The van der Waals surface area contributed by atoms with Crippen molar-refractivity contribution in [3.63, 3.8) is 0 Å². The summed E-state index contributed by atoms with van der Waals surface area (Å²) in [5.74, 6) is -0.232. The van der Waals surface area contributed by atoms with Crippen LogP contribution in [0.2, 0.25) is 0 Å². The average molecular weight is 320 g/mol. The summed E-state index contributed by atoms with van der Waals surface area (Å²) in [5.41, 5.74) is 6.45. The van der Waals surface area contributed by atoms with Crippen LogP contribution in [0.15, 0.2) is 12.7 Å². The highest BCUT2D eigenvalue weighted by Crippen LogP contribution is 2.32. The number of ether oxygens (including phenoxy) is 1. The molecule has 23 heavy (non-hydrogen) atoms. The van der Waals surface area contributed by atoms with E-state index in [0.717, 1.165) is 12.8 Å². The lowest BCUT2D eigenvalue weighted by Gasteiger charge is -2.16. The maximum absolute atomic E-state index is 12.1. The topological polar surface area (TPSA) is 148 Å². The van der Waals surface area contributed by atoms with Crippen LogP contribution in [0.3, 0.4) is 0 Å². The highest BCUT2D eigenvalue weighted by molar-refractivity contribution is 5.83. The lowest BCUT2D eigenvalue weighted by atomic mass is 10.1. The van der Waals surface area contributed by atoms with E-state index < -0.39 is 30.4 Å². The van der Waals surface area contributed by atoms with Crippen molar-refractivity contribution in [2.75, 3.05) is 5.73 Å². The summed E-state index contributed by atoms with van der Waals surface area (Å²) >= 11 is 0. The Kier molecular flexibility index (Phi) is 3.18. The number of aliphatic hydroxyl groups excluding tert-OH is 2. The Labute approximate surface area is 130 Å². The molecular formula is C13H16N6O4. The zero-order valence-electron chi connectivity index (χ0n) is 12.0. The number of hydrogen-bond donors (Lipinski definition) is 4. The molecule has 3 heterocycles. The molecule has 0 bridgehead atoms. The Bertz CT molecular complexity index is 760. The van der Waals surface area contributed by atoms with Crippen molar-refractivity contribution in [2.24, 2.45) is 0 Å². The van der Waals surface area contributed by atoms with Gasteiger partial charge in [0.25, 0.3) is 5.91 Å². The molecule has 0 aromatic carbocycles. The summed E-state index contributed by atoms with van der Waals surface area (Å²) in [6, 6.07) is 0.135. The summed E-state index contributed by atoms with van der Waals surface area (Å²) < 4.78 is 7.01. The number of carbonyl (C=O) groups is 1. The van der Waals surface area contributed by atoms with Crippen LogP contribution in [0.25, 0.3) is 11.2 Å². The molecular weight excluding hydrogens is 304 g/mol. The minimum atomic E-state index is -1.34. The number of carbonyl (C=O) groups excluding carboxylic acids is 1. The summed E-state index contributed by atoms with van der Waals surface area (Å²) in [6.45, 7) is 0. The standard InChI is InChI=1S/C13H16N6O4/c14-10-6-11(16-3-15-10)19(4-17-6)13-8(21)7(20)9(23-13)12(22)18-5-1-2-5/h3-5,7-9,13,20-21H,1-2H2,(H,18,22)(H2,14,15,16)/t7-,8+,9+,13+/m1/s1. The molecule has 1 aliphatic heterocycles. The van der Waals surface area contributed by atoms with Crippen molar-refractivity contribution < 1.29 is 19.7 Å². The van der Waals surface area contributed by atoms with Gasteiger partial charge in [-0.2, -0.15) is 0 Å². The Balaban J connectivity index is 1.63. The molecule has 4 rings (SSSR count). The van der Waals surface area contributed by atoms with E-state index in [1.54, 1.807) is 0 Å². The molecule has 4 atom stereocenters. The zero-order valence-corrected chi connectivity index (χ0v) is 12.0. The van der Waals surface area contributed by atoms with Crippen LogP contribution in [0.1, 0.15) is 19.1 Å². The van der Waals surface area contributed by atoms with Gasteiger partial charge < -0.3 is 26.0 Å². The van der Waals surface area contributed by atoms with E-state index in [1.165, 1.54) is 17.2 Å². The van der Waals surface area contributed by atoms with Gasteiger partial charge in [-0.1, -0.05) is 0 Å². The maximum Gasteiger partial charge on any atom is 0.252 e. The van der Waals surface area contributed by atoms with Crippen LogP contribution < -0.4 is 11.1 Å². The molecule has 1 amide bonds. The van der Waals surface area contributed by atoms with Crippen LogP contribution in [0.5, 0.6) is 0 Å². The van der Waals surface area contributed by atoms with Crippen molar-refractivity contribution in [2.45, 2.75) is 43.4 Å². The number of hydrogen-bond acceptors (Lipinski definition) is 8. The lowest BCUT2D eigenvalue weighted by molar-refractivity contribution is -0.137. The van der Waals surface area contributed by atoms with E-state index in [1.807, 2.05) is 0 Å². The first-order chi connectivity index (χ1) is 11.1. The highest BCUT2D eigenvalue weighted by atomic mass is 16.6. The molecule has 0 spiro atoms. The quantitative estimate of drug-likeness (QED) is 0.523. The minimum absolute atomic E-state index is 0.135. The normalized spacial score (nSPS) is 30.7. The van der Waals surface area contributed by atoms with Crippen molar-refractivity contribution in [1.82, 2.24) is 24.8 Å². The predicted molar refractivity (Wildman–Crippen MR) is 76.8 cm³/mol. The molecule has 2 fully saturated rings. The average Bonchev–Trinajstić information content (AvgIpc) is 3.15. The summed E-state index contributed by atoms with van der Waals surface area (Å²) in [5, 5.41) is 23.1. The second-order valence-corrected chi connectivity index (χ2v) is 5.79. The number of aliphatic hydroxyl groups is 2. The van der Waals surface area contributed by atoms with Crippen LogP contribution in [0.4, 0.5) is 5.82 Å². The fraction of sp³-hybridized carbons (Fsp3) is 0.538. The Morgan fingerprint density at radius 3 is 2.83 bits per heavy atom. The smallest absolute Gasteiger partial charge is 0.252 e. The van der Waals surface area contributed by atoms with Crippen molar-refractivity contribution in [3.8, 4) is 0 Å². The van der Waals surface area contributed by atoms with E-state index in [4.69, 9.17) is 10.5 Å². The molecule has 0 unspecified atom stereocenters. The van der Waals surface area contributed by atoms with E-state index in [-0.39, 0.29) is 11.9 Å². The minimum Gasteiger partial charge on any atom is -0.387 e. The number of rotatable bonds is 3. The van der Waals surface area contributed by atoms with Crippen LogP contribution >= 0.6 is 0 Å². The molecule has 1 saturated heterocycles. The Morgan fingerprint density at radius 1 is 1.30 bits per heavy atom. The third-order valence-electron chi connectivity index (χ3n) is 4.08. The highest BCUT2D eigenvalue weighted by Gasteiger charge is 2.48. The molecule has 122 valence electrons. The van der Waals surface area contributed by atoms with E-state index >= 15 is 0 Å². The van der Waals surface area contributed by atoms with Gasteiger partial charge in [-0.25, -0.2) is 15.0 Å². The van der Waals surface area contributed by atoms with E-state index in [0.29, 0.717) is 11.2 Å². The third-order valence-corrected chi connectivity index (χ3v) is 4.08. The van der Waals surface area contributed by atoms with Gasteiger partial charge in [0.15, 0.2) is 23.8 Å². The molecule has 0 radical (unpaired) electrons. The maximum atomic E-state index is 12.1. The van der Waals surface area contributed by atoms with Crippen molar-refractivity contribution in [3.05, 3.63) is 12.7 Å². The summed E-state index contributed by atoms with van der Waals surface area (Å²) in [6.07, 6.45) is -0.269. The number of nitrogens with one attached hydrogen (secondary N) is 1. The number of fused-ring (bicyclic) bond motifs is 1. The molecule has 5 N–H and O–H groups in total. The van der Waals surface area contributed by atoms with Gasteiger partial charge in [-0.3, -0.25) is 9.36 Å². The van der Waals surface area contributed by atoms with Crippen molar-refractivity contribution >= 4 is 22.9 Å². The molecule has 2 aromatic rings. The van der Waals surface area contributed by atoms with Crippen LogP contribution in [0, 0.1) is 0 Å². The monoisotopic (exact) mass is 320 g/mol. The number of aromatic nitrogens is 4. The molecule has 2 aromatic heterocycles. The van der Waals surface area contributed by atoms with Gasteiger partial charge in [0.2, 0.25) is 0 Å². The van der Waals surface area contributed by atoms with Crippen molar-refractivity contribution in [1.29, 1.82) is 0 Å². The van der Waals surface area contributed by atoms with E-state index in [2.05, 4.69) is 20.3 Å². The third kappa shape index (κ3) is 2.31. The first-order valence-electron chi connectivity index (χ1n) is 7.31. The number of amides is 1. The Morgan fingerprint density at radius 2 is 2.09 bits per heavy atom. The molecule has 1 saturated carbocycles. The van der Waals surface area contributed by atoms with Gasteiger partial charge in [0.05, 0.1) is 6.33 Å². The number of imidazole rings is 1. The second-order valence-electron chi connectivity index (χ2n) is 5.79. The molecule has 2 aliphatic rings. The van der Waals surface area contributed by atoms with E-state index in [9.17, 15) is 15.0 Å². The van der Waals surface area contributed by atoms with Gasteiger partial charge in [-0.15, -0.1) is 0 Å². The SMILES string of the molecule is Nc1ncnc2c1ncn2[C@H]1O[C@H](C(=O)NC2CC2)[C@H](O)[C@@H]1O. The largest absolute Gasteiger partial charge is 0.387 e. The van der Waals surface area contributed by atoms with Gasteiger partial charge in [0, 0.05) is 6.04 Å². The van der Waals surface area contributed by atoms with Crippen LogP contribution in [-0.4, -0.2) is 60.0 Å². The second kappa shape index (κ2) is 5.11. The zero-order chi connectivity index (χ0) is 16.1. The lowest BCUT2D eigenvalue weighted by Crippen LogP contribution is -2.43. The first kappa shape index (κ1) is 14.3. The van der Waals surface area contributed by atoms with Gasteiger partial charge in [0.1, 0.15) is 24.1 Å². The molecule has 10 heteroatoms. The van der Waals surface area contributed by atoms with Gasteiger partial charge >= 0.3 is 0 Å².